The maximum Gasteiger partial charge on any atom is 0.341 e. The van der Waals surface area contributed by atoms with Gasteiger partial charge in [0.1, 0.15) is 12.8 Å². The average Bonchev–Trinajstić information content (AvgIpc) is 2.45. The van der Waals surface area contributed by atoms with Crippen LogP contribution in [-0.4, -0.2) is 24.9 Å². The van der Waals surface area contributed by atoms with Crippen molar-refractivity contribution in [1.82, 2.24) is 0 Å². The molecule has 0 aromatic rings. The lowest BCUT2D eigenvalue weighted by Gasteiger charge is -2.03. The minimum absolute atomic E-state index is 0.132. The summed E-state index contributed by atoms with van der Waals surface area (Å²) in [6, 6.07) is 0. The second kappa shape index (κ2) is 15.0. The molecule has 118 valence electrons. The van der Waals surface area contributed by atoms with Gasteiger partial charge in [0, 0.05) is 6.42 Å². The Hall–Kier alpha value is -0.430. The van der Waals surface area contributed by atoms with Crippen LogP contribution < -0.4 is 0 Å². The molecule has 0 aliphatic carbocycles. The molecule has 0 aliphatic rings. The van der Waals surface area contributed by atoms with Crippen LogP contribution in [-0.2, 0) is 14.1 Å². The third kappa shape index (κ3) is 14.0. The molecular weight excluding hydrogens is 271 g/mol. The lowest BCUT2D eigenvalue weighted by Crippen LogP contribution is -2.07. The van der Waals surface area contributed by atoms with E-state index in [-0.39, 0.29) is 5.97 Å². The van der Waals surface area contributed by atoms with Crippen molar-refractivity contribution in [3.8, 4) is 0 Å². The molecule has 0 aromatic heterocycles. The predicted octanol–water partition coefficient (Wildman–Crippen LogP) is 5.30. The Morgan fingerprint density at radius 3 is 2.00 bits per heavy atom. The summed E-state index contributed by atoms with van der Waals surface area (Å²) in [5.41, 5.74) is 0. The largest absolute Gasteiger partial charge is 0.461 e. The van der Waals surface area contributed by atoms with E-state index in [1.165, 1.54) is 44.9 Å². The Kier molecular flexibility index (Phi) is 14.6. The molecule has 0 saturated carbocycles. The van der Waals surface area contributed by atoms with Crippen LogP contribution in [0.25, 0.3) is 0 Å². The van der Waals surface area contributed by atoms with E-state index in [0.29, 0.717) is 25.4 Å². The second-order valence-corrected chi connectivity index (χ2v) is 7.36. The monoisotopic (exact) mass is 303 g/mol. The molecule has 0 spiro atoms. The first-order valence-electron chi connectivity index (χ1n) is 8.28. The van der Waals surface area contributed by atoms with E-state index < -0.39 is 7.80 Å². The van der Waals surface area contributed by atoms with Crippen molar-refractivity contribution in [2.45, 2.75) is 78.1 Å². The highest BCUT2D eigenvalue weighted by Gasteiger charge is 2.12. The van der Waals surface area contributed by atoms with Gasteiger partial charge in [-0.1, -0.05) is 62.9 Å². The van der Waals surface area contributed by atoms with Crippen LogP contribution in [0.15, 0.2) is 0 Å². The molecular formula is C16H32O3P+. The van der Waals surface area contributed by atoms with Crippen molar-refractivity contribution in [1.29, 1.82) is 0 Å². The topological polar surface area (TPSA) is 43.4 Å². The maximum atomic E-state index is 11.4. The van der Waals surface area contributed by atoms with Crippen molar-refractivity contribution < 1.29 is 14.1 Å². The summed E-state index contributed by atoms with van der Waals surface area (Å²) in [4.78, 5) is 11.4. The number of carbonyl (C=O) groups is 1. The van der Waals surface area contributed by atoms with Gasteiger partial charge in [-0.05, 0) is 13.3 Å². The lowest BCUT2D eigenvalue weighted by molar-refractivity contribution is -0.143. The molecule has 0 fully saturated rings. The van der Waals surface area contributed by atoms with Crippen molar-refractivity contribution in [2.24, 2.45) is 0 Å². The fourth-order valence-corrected chi connectivity index (χ4v) is 2.68. The molecule has 0 bridgehead atoms. The van der Waals surface area contributed by atoms with E-state index in [4.69, 9.17) is 4.74 Å². The van der Waals surface area contributed by atoms with Gasteiger partial charge in [-0.3, -0.25) is 4.79 Å². The van der Waals surface area contributed by atoms with Crippen LogP contribution >= 0.6 is 7.80 Å². The quantitative estimate of drug-likeness (QED) is 0.248. The van der Waals surface area contributed by atoms with Gasteiger partial charge in [0.15, 0.2) is 6.16 Å². The first-order chi connectivity index (χ1) is 9.70. The molecule has 0 heterocycles. The molecule has 0 saturated heterocycles. The number of rotatable bonds is 14. The molecule has 3 nitrogen and oxygen atoms in total. The fourth-order valence-electron chi connectivity index (χ4n) is 2.07. The zero-order chi connectivity index (χ0) is 15.1. The van der Waals surface area contributed by atoms with E-state index in [1.807, 2.05) is 6.92 Å². The summed E-state index contributed by atoms with van der Waals surface area (Å²) in [6.45, 7) is 4.45. The molecule has 0 N–H and O–H groups in total. The van der Waals surface area contributed by atoms with Gasteiger partial charge in [-0.2, -0.15) is 0 Å². The zero-order valence-electron chi connectivity index (χ0n) is 13.4. The Morgan fingerprint density at radius 2 is 1.45 bits per heavy atom. The number of unbranched alkanes of at least 4 members (excludes halogenated alkanes) is 8. The first kappa shape index (κ1) is 19.6. The Morgan fingerprint density at radius 1 is 0.900 bits per heavy atom. The average molecular weight is 303 g/mol. The van der Waals surface area contributed by atoms with Crippen molar-refractivity contribution in [3.05, 3.63) is 0 Å². The first-order valence-corrected chi connectivity index (χ1v) is 9.91. The van der Waals surface area contributed by atoms with E-state index in [2.05, 4.69) is 6.92 Å². The van der Waals surface area contributed by atoms with Crippen LogP contribution in [0.5, 0.6) is 0 Å². The molecule has 0 aromatic carbocycles. The SMILES string of the molecule is CCCCCCCCCCCC(=O)OCC[P+](=O)CC. The van der Waals surface area contributed by atoms with E-state index in [0.717, 1.165) is 12.8 Å². The highest BCUT2D eigenvalue weighted by molar-refractivity contribution is 7.44. The van der Waals surface area contributed by atoms with Gasteiger partial charge in [0.2, 0.25) is 0 Å². The number of hydrogen-bond donors (Lipinski definition) is 0. The van der Waals surface area contributed by atoms with Crippen LogP contribution in [0.2, 0.25) is 0 Å². The maximum absolute atomic E-state index is 11.4. The van der Waals surface area contributed by atoms with Gasteiger partial charge < -0.3 is 4.74 Å². The van der Waals surface area contributed by atoms with Crippen LogP contribution in [0.3, 0.4) is 0 Å². The van der Waals surface area contributed by atoms with E-state index in [9.17, 15) is 9.36 Å². The van der Waals surface area contributed by atoms with Crippen molar-refractivity contribution >= 4 is 13.8 Å². The van der Waals surface area contributed by atoms with Gasteiger partial charge in [-0.15, -0.1) is 0 Å². The van der Waals surface area contributed by atoms with E-state index in [1.54, 1.807) is 0 Å². The Balaban J connectivity index is 3.21. The third-order valence-corrected chi connectivity index (χ3v) is 4.83. The summed E-state index contributed by atoms with van der Waals surface area (Å²) < 4.78 is 16.2. The Bertz CT molecular complexity index is 254. The molecule has 0 amide bonds. The molecule has 1 unspecified atom stereocenters. The van der Waals surface area contributed by atoms with Crippen LogP contribution in [0.1, 0.15) is 78.1 Å². The van der Waals surface area contributed by atoms with Gasteiger partial charge >= 0.3 is 13.8 Å². The smallest absolute Gasteiger partial charge is 0.341 e. The van der Waals surface area contributed by atoms with Gasteiger partial charge in [0.05, 0.1) is 0 Å². The lowest BCUT2D eigenvalue weighted by atomic mass is 10.1. The summed E-state index contributed by atoms with van der Waals surface area (Å²) in [6.07, 6.45) is 12.9. The normalized spacial score (nSPS) is 11.4. The molecule has 0 radical (unpaired) electrons. The molecule has 1 atom stereocenters. The Labute approximate surface area is 125 Å². The highest BCUT2D eigenvalue weighted by atomic mass is 31.1. The fraction of sp³-hybridized carbons (Fsp3) is 0.938. The summed E-state index contributed by atoms with van der Waals surface area (Å²) in [5, 5.41) is 0. The summed E-state index contributed by atoms with van der Waals surface area (Å²) in [5.74, 6) is -0.132. The zero-order valence-corrected chi connectivity index (χ0v) is 14.3. The minimum atomic E-state index is -1.16. The number of carbonyl (C=O) groups excluding carboxylic acids is 1. The highest BCUT2D eigenvalue weighted by Crippen LogP contribution is 2.18. The second-order valence-electron chi connectivity index (χ2n) is 5.32. The summed E-state index contributed by atoms with van der Waals surface area (Å²) in [7, 11) is -1.16. The minimum Gasteiger partial charge on any atom is -0.461 e. The van der Waals surface area contributed by atoms with Crippen LogP contribution in [0.4, 0.5) is 0 Å². The summed E-state index contributed by atoms with van der Waals surface area (Å²) >= 11 is 0. The molecule has 20 heavy (non-hydrogen) atoms. The number of esters is 1. The van der Waals surface area contributed by atoms with Crippen molar-refractivity contribution in [2.75, 3.05) is 18.9 Å². The number of hydrogen-bond acceptors (Lipinski definition) is 3. The third-order valence-electron chi connectivity index (χ3n) is 3.44. The van der Waals surface area contributed by atoms with Crippen molar-refractivity contribution in [3.63, 3.8) is 0 Å². The van der Waals surface area contributed by atoms with Crippen LogP contribution in [0, 0.1) is 0 Å². The standard InChI is InChI=1S/C16H32O3P/c1-3-5-6-7-8-9-10-11-12-13-16(17)19-14-15-20(18)4-2/h3-15H2,1-2H3/q+1. The van der Waals surface area contributed by atoms with E-state index >= 15 is 0 Å². The predicted molar refractivity (Wildman–Crippen MR) is 85.8 cm³/mol. The van der Waals surface area contributed by atoms with Gasteiger partial charge in [-0.25, -0.2) is 0 Å². The molecule has 0 rings (SSSR count). The molecule has 4 heteroatoms. The molecule has 0 aliphatic heterocycles. The number of ether oxygens (including phenoxy) is 1. The van der Waals surface area contributed by atoms with Gasteiger partial charge in [0.25, 0.3) is 0 Å².